The molecule has 1 N–H and O–H groups in total. The van der Waals surface area contributed by atoms with E-state index >= 15 is 0 Å². The fourth-order valence-electron chi connectivity index (χ4n) is 1.99. The fourth-order valence-corrected chi connectivity index (χ4v) is 3.06. The number of benzene rings is 1. The van der Waals surface area contributed by atoms with Gasteiger partial charge in [0.1, 0.15) is 5.01 Å². The average molecular weight is 260 g/mol. The van der Waals surface area contributed by atoms with E-state index in [2.05, 4.69) is 54.5 Å². The summed E-state index contributed by atoms with van der Waals surface area (Å²) in [5, 5.41) is 4.59. The van der Waals surface area contributed by atoms with Crippen LogP contribution in [0.4, 0.5) is 0 Å². The first-order valence-corrected chi connectivity index (χ1v) is 7.17. The van der Waals surface area contributed by atoms with E-state index in [1.54, 1.807) is 0 Å². The minimum absolute atomic E-state index is 0.364. The van der Waals surface area contributed by atoms with Gasteiger partial charge in [-0.1, -0.05) is 30.3 Å². The van der Waals surface area contributed by atoms with E-state index < -0.39 is 0 Å². The molecule has 1 unspecified atom stereocenters. The Morgan fingerprint density at radius 2 is 1.94 bits per heavy atom. The largest absolute Gasteiger partial charge is 0.311 e. The molecular formula is C15H20N2S. The van der Waals surface area contributed by atoms with E-state index in [1.165, 1.54) is 15.4 Å². The second-order valence-corrected chi connectivity index (χ2v) is 5.79. The van der Waals surface area contributed by atoms with Crippen LogP contribution < -0.4 is 5.32 Å². The Morgan fingerprint density at radius 1 is 1.22 bits per heavy atom. The molecule has 0 amide bonds. The Labute approximate surface area is 113 Å². The van der Waals surface area contributed by atoms with Crippen molar-refractivity contribution < 1.29 is 0 Å². The Hall–Kier alpha value is -1.19. The summed E-state index contributed by atoms with van der Waals surface area (Å²) in [5.41, 5.74) is 2.55. The van der Waals surface area contributed by atoms with Crippen LogP contribution in [-0.2, 0) is 6.42 Å². The Balaban J connectivity index is 2.02. The van der Waals surface area contributed by atoms with Gasteiger partial charge in [-0.2, -0.15) is 0 Å². The molecule has 0 bridgehead atoms. The van der Waals surface area contributed by atoms with Crippen molar-refractivity contribution in [3.63, 3.8) is 0 Å². The van der Waals surface area contributed by atoms with Crippen molar-refractivity contribution in [2.75, 3.05) is 7.05 Å². The van der Waals surface area contributed by atoms with Crippen molar-refractivity contribution in [1.29, 1.82) is 0 Å². The molecule has 0 radical (unpaired) electrons. The molecule has 1 aromatic carbocycles. The van der Waals surface area contributed by atoms with Gasteiger partial charge in [0.15, 0.2) is 0 Å². The number of nitrogens with zero attached hydrogens (tertiary/aromatic N) is 1. The van der Waals surface area contributed by atoms with Crippen molar-refractivity contribution in [3.05, 3.63) is 51.5 Å². The smallest absolute Gasteiger partial charge is 0.110 e. The minimum atomic E-state index is 0.364. The summed E-state index contributed by atoms with van der Waals surface area (Å²) in [6.45, 7) is 4.22. The molecule has 0 saturated carbocycles. The van der Waals surface area contributed by atoms with E-state index in [1.807, 2.05) is 18.4 Å². The highest BCUT2D eigenvalue weighted by molar-refractivity contribution is 7.11. The summed E-state index contributed by atoms with van der Waals surface area (Å²) in [6.07, 6.45) is 2.18. The van der Waals surface area contributed by atoms with Crippen LogP contribution in [0.3, 0.4) is 0 Å². The zero-order valence-corrected chi connectivity index (χ0v) is 12.1. The lowest BCUT2D eigenvalue weighted by Gasteiger charge is -2.13. The molecule has 1 aromatic heterocycles. The van der Waals surface area contributed by atoms with E-state index in [9.17, 15) is 0 Å². The average Bonchev–Trinajstić information content (AvgIpc) is 2.71. The maximum atomic E-state index is 4.65. The standard InChI is InChI=1S/C15H20N2S/c1-11-12(2)18-15(17-11)14(16-3)10-9-13-7-5-4-6-8-13/h4-8,14,16H,9-10H2,1-3H3. The summed E-state index contributed by atoms with van der Waals surface area (Å²) in [5.74, 6) is 0. The van der Waals surface area contributed by atoms with Crippen molar-refractivity contribution in [1.82, 2.24) is 10.3 Å². The van der Waals surface area contributed by atoms with Crippen LogP contribution in [0.2, 0.25) is 0 Å². The van der Waals surface area contributed by atoms with Gasteiger partial charge in [-0.25, -0.2) is 4.98 Å². The SMILES string of the molecule is CNC(CCc1ccccc1)c1nc(C)c(C)s1. The van der Waals surface area contributed by atoms with Gasteiger partial charge < -0.3 is 5.32 Å². The second kappa shape index (κ2) is 6.12. The molecule has 0 aliphatic heterocycles. The summed E-state index contributed by atoms with van der Waals surface area (Å²) < 4.78 is 0. The first-order valence-electron chi connectivity index (χ1n) is 6.36. The predicted octanol–water partition coefficient (Wildman–Crippen LogP) is 3.65. The quantitative estimate of drug-likeness (QED) is 0.887. The first-order chi connectivity index (χ1) is 8.70. The maximum Gasteiger partial charge on any atom is 0.110 e. The molecule has 3 heteroatoms. The van der Waals surface area contributed by atoms with Crippen LogP contribution in [0, 0.1) is 13.8 Å². The molecule has 2 nitrogen and oxygen atoms in total. The first kappa shape index (κ1) is 13.2. The number of rotatable bonds is 5. The molecule has 1 heterocycles. The van der Waals surface area contributed by atoms with Crippen LogP contribution in [-0.4, -0.2) is 12.0 Å². The number of nitrogens with one attached hydrogen (secondary N) is 1. The molecule has 2 rings (SSSR count). The highest BCUT2D eigenvalue weighted by Crippen LogP contribution is 2.25. The summed E-state index contributed by atoms with van der Waals surface area (Å²) in [7, 11) is 2.02. The monoisotopic (exact) mass is 260 g/mol. The zero-order chi connectivity index (χ0) is 13.0. The van der Waals surface area contributed by atoms with Gasteiger partial charge >= 0.3 is 0 Å². The van der Waals surface area contributed by atoms with Crippen LogP contribution in [0.5, 0.6) is 0 Å². The van der Waals surface area contributed by atoms with Gasteiger partial charge in [-0.05, 0) is 39.3 Å². The molecule has 0 aliphatic rings. The molecule has 96 valence electrons. The van der Waals surface area contributed by atoms with Crippen molar-refractivity contribution in [2.45, 2.75) is 32.7 Å². The third-order valence-electron chi connectivity index (χ3n) is 3.26. The molecule has 0 aliphatic carbocycles. The van der Waals surface area contributed by atoms with Gasteiger partial charge in [-0.15, -0.1) is 11.3 Å². The van der Waals surface area contributed by atoms with Crippen LogP contribution in [0.25, 0.3) is 0 Å². The minimum Gasteiger partial charge on any atom is -0.311 e. The highest BCUT2D eigenvalue weighted by Gasteiger charge is 2.14. The zero-order valence-electron chi connectivity index (χ0n) is 11.2. The fraction of sp³-hybridized carbons (Fsp3) is 0.400. The predicted molar refractivity (Wildman–Crippen MR) is 78.2 cm³/mol. The van der Waals surface area contributed by atoms with Gasteiger partial charge in [0.05, 0.1) is 11.7 Å². The maximum absolute atomic E-state index is 4.65. The third kappa shape index (κ3) is 3.18. The topological polar surface area (TPSA) is 24.9 Å². The number of hydrogen-bond donors (Lipinski definition) is 1. The summed E-state index contributed by atoms with van der Waals surface area (Å²) >= 11 is 1.81. The molecule has 18 heavy (non-hydrogen) atoms. The number of hydrogen-bond acceptors (Lipinski definition) is 3. The van der Waals surface area contributed by atoms with Crippen LogP contribution in [0.15, 0.2) is 30.3 Å². The van der Waals surface area contributed by atoms with Gasteiger partial charge in [-0.3, -0.25) is 0 Å². The Kier molecular flexibility index (Phi) is 4.50. The van der Waals surface area contributed by atoms with E-state index in [4.69, 9.17) is 0 Å². The molecule has 1 atom stereocenters. The van der Waals surface area contributed by atoms with Crippen LogP contribution >= 0.6 is 11.3 Å². The molecule has 2 aromatic rings. The van der Waals surface area contributed by atoms with E-state index in [0.717, 1.165) is 18.5 Å². The lowest BCUT2D eigenvalue weighted by molar-refractivity contribution is 0.545. The third-order valence-corrected chi connectivity index (χ3v) is 4.44. The van der Waals surface area contributed by atoms with Gasteiger partial charge in [0.2, 0.25) is 0 Å². The highest BCUT2D eigenvalue weighted by atomic mass is 32.1. The Bertz CT molecular complexity index is 471. The summed E-state index contributed by atoms with van der Waals surface area (Å²) in [4.78, 5) is 5.97. The summed E-state index contributed by atoms with van der Waals surface area (Å²) in [6, 6.07) is 11.0. The lowest BCUT2D eigenvalue weighted by Crippen LogP contribution is -2.17. The van der Waals surface area contributed by atoms with Gasteiger partial charge in [0, 0.05) is 4.88 Å². The molecule has 0 fully saturated rings. The van der Waals surface area contributed by atoms with Crippen molar-refractivity contribution in [2.24, 2.45) is 0 Å². The Morgan fingerprint density at radius 3 is 2.50 bits per heavy atom. The van der Waals surface area contributed by atoms with Crippen molar-refractivity contribution in [3.8, 4) is 0 Å². The number of aryl methyl sites for hydroxylation is 3. The molecule has 0 saturated heterocycles. The molecule has 0 spiro atoms. The number of aromatic nitrogens is 1. The van der Waals surface area contributed by atoms with Gasteiger partial charge in [0.25, 0.3) is 0 Å². The van der Waals surface area contributed by atoms with Crippen LogP contribution in [0.1, 0.15) is 33.6 Å². The molecular weight excluding hydrogens is 240 g/mol. The second-order valence-electron chi connectivity index (χ2n) is 4.56. The van der Waals surface area contributed by atoms with E-state index in [-0.39, 0.29) is 0 Å². The number of thiazole rings is 1. The van der Waals surface area contributed by atoms with E-state index in [0.29, 0.717) is 6.04 Å². The normalized spacial score (nSPS) is 12.6. The lowest BCUT2D eigenvalue weighted by atomic mass is 10.1. The van der Waals surface area contributed by atoms with Crippen molar-refractivity contribution >= 4 is 11.3 Å².